The lowest BCUT2D eigenvalue weighted by molar-refractivity contribution is 0.411. The molecule has 1 aromatic heterocycles. The molecule has 0 amide bonds. The van der Waals surface area contributed by atoms with Crippen molar-refractivity contribution in [1.82, 2.24) is 5.32 Å². The van der Waals surface area contributed by atoms with E-state index in [1.54, 1.807) is 0 Å². The molecule has 5 heteroatoms. The smallest absolute Gasteiger partial charge is 0.183 e. The summed E-state index contributed by atoms with van der Waals surface area (Å²) in [7, 11) is 0. The van der Waals surface area contributed by atoms with Gasteiger partial charge in [-0.05, 0) is 44.5 Å². The van der Waals surface area contributed by atoms with Crippen molar-refractivity contribution in [1.29, 1.82) is 0 Å². The molecule has 1 heterocycles. The van der Waals surface area contributed by atoms with Crippen molar-refractivity contribution in [2.24, 2.45) is 5.73 Å². The fourth-order valence-corrected chi connectivity index (χ4v) is 1.69. The van der Waals surface area contributed by atoms with Crippen LogP contribution in [-0.2, 0) is 0 Å². The van der Waals surface area contributed by atoms with Crippen LogP contribution in [0.25, 0.3) is 0 Å². The molecule has 0 bridgehead atoms. The van der Waals surface area contributed by atoms with Crippen LogP contribution in [0.15, 0.2) is 19.6 Å². The number of hydrogen-bond donors (Lipinski definition) is 2. The van der Waals surface area contributed by atoms with Crippen molar-refractivity contribution in [2.45, 2.75) is 13.0 Å². The molecule has 3 nitrogen and oxygen atoms in total. The lowest BCUT2D eigenvalue weighted by Crippen LogP contribution is -2.27. The normalized spacial score (nSPS) is 13.2. The molecule has 0 saturated heterocycles. The summed E-state index contributed by atoms with van der Waals surface area (Å²) in [5.41, 5.74) is 5.60. The minimum atomic E-state index is 0.0904. The number of nitrogens with two attached hydrogens (primary N) is 1. The molecule has 1 aromatic rings. The number of nitrogens with one attached hydrogen (secondary N) is 1. The van der Waals surface area contributed by atoms with Gasteiger partial charge in [0.05, 0.1) is 10.5 Å². The zero-order valence-electron chi connectivity index (χ0n) is 7.31. The maximum Gasteiger partial charge on any atom is 0.183 e. The van der Waals surface area contributed by atoms with Crippen LogP contribution in [0.2, 0.25) is 0 Å². The third-order valence-electron chi connectivity index (χ3n) is 1.69. The highest BCUT2D eigenvalue weighted by Crippen LogP contribution is 2.29. The van der Waals surface area contributed by atoms with Crippen molar-refractivity contribution < 1.29 is 4.42 Å². The first-order valence-corrected chi connectivity index (χ1v) is 5.65. The van der Waals surface area contributed by atoms with Crippen LogP contribution < -0.4 is 11.1 Å². The van der Waals surface area contributed by atoms with Crippen molar-refractivity contribution in [2.75, 3.05) is 13.1 Å². The van der Waals surface area contributed by atoms with Crippen LogP contribution >= 0.6 is 31.9 Å². The lowest BCUT2D eigenvalue weighted by Gasteiger charge is -2.11. The lowest BCUT2D eigenvalue weighted by atomic mass is 10.2. The molecular formula is C8H12Br2N2O. The van der Waals surface area contributed by atoms with Gasteiger partial charge in [0, 0.05) is 6.54 Å². The quantitative estimate of drug-likeness (QED) is 0.898. The van der Waals surface area contributed by atoms with Crippen molar-refractivity contribution in [3.8, 4) is 0 Å². The van der Waals surface area contributed by atoms with Gasteiger partial charge in [-0.3, -0.25) is 0 Å². The van der Waals surface area contributed by atoms with E-state index in [4.69, 9.17) is 10.2 Å². The standard InChI is InChI=1S/C8H12Br2N2O/c1-2-12-6(4-11)7-3-5(9)8(10)13-7/h3,6,12H,2,4,11H2,1H3. The summed E-state index contributed by atoms with van der Waals surface area (Å²) in [6.07, 6.45) is 0. The molecule has 0 aliphatic carbocycles. The van der Waals surface area contributed by atoms with Crippen LogP contribution in [0.4, 0.5) is 0 Å². The van der Waals surface area contributed by atoms with E-state index in [0.29, 0.717) is 11.2 Å². The number of furan rings is 1. The molecule has 0 aliphatic heterocycles. The molecule has 0 fully saturated rings. The second kappa shape index (κ2) is 5.14. The van der Waals surface area contributed by atoms with Gasteiger partial charge in [-0.1, -0.05) is 6.92 Å². The Morgan fingerprint density at radius 1 is 1.62 bits per heavy atom. The topological polar surface area (TPSA) is 51.2 Å². The van der Waals surface area contributed by atoms with E-state index in [1.165, 1.54) is 0 Å². The van der Waals surface area contributed by atoms with Crippen LogP contribution in [0.3, 0.4) is 0 Å². The van der Waals surface area contributed by atoms with Gasteiger partial charge in [-0.25, -0.2) is 0 Å². The zero-order valence-corrected chi connectivity index (χ0v) is 10.5. The van der Waals surface area contributed by atoms with E-state index in [2.05, 4.69) is 37.2 Å². The van der Waals surface area contributed by atoms with E-state index in [0.717, 1.165) is 16.8 Å². The van der Waals surface area contributed by atoms with Gasteiger partial charge in [0.1, 0.15) is 5.76 Å². The van der Waals surface area contributed by atoms with E-state index >= 15 is 0 Å². The van der Waals surface area contributed by atoms with Crippen molar-refractivity contribution in [3.05, 3.63) is 21.0 Å². The van der Waals surface area contributed by atoms with Crippen LogP contribution in [-0.4, -0.2) is 13.1 Å². The highest BCUT2D eigenvalue weighted by atomic mass is 79.9. The Morgan fingerprint density at radius 3 is 2.69 bits per heavy atom. The summed E-state index contributed by atoms with van der Waals surface area (Å²) in [6.45, 7) is 3.44. The van der Waals surface area contributed by atoms with Gasteiger partial charge < -0.3 is 15.5 Å². The molecule has 74 valence electrons. The van der Waals surface area contributed by atoms with Gasteiger partial charge in [-0.15, -0.1) is 0 Å². The Balaban J connectivity index is 2.78. The second-order valence-corrected chi connectivity index (χ2v) is 4.19. The summed E-state index contributed by atoms with van der Waals surface area (Å²) in [5.74, 6) is 0.850. The summed E-state index contributed by atoms with van der Waals surface area (Å²) >= 11 is 6.64. The third-order valence-corrected chi connectivity index (χ3v) is 3.40. The summed E-state index contributed by atoms with van der Waals surface area (Å²) < 4.78 is 7.07. The van der Waals surface area contributed by atoms with E-state index in [1.807, 2.05) is 13.0 Å². The van der Waals surface area contributed by atoms with Gasteiger partial charge >= 0.3 is 0 Å². The largest absolute Gasteiger partial charge is 0.451 e. The highest BCUT2D eigenvalue weighted by Gasteiger charge is 2.14. The molecule has 13 heavy (non-hydrogen) atoms. The SMILES string of the molecule is CCNC(CN)c1cc(Br)c(Br)o1. The van der Waals surface area contributed by atoms with E-state index < -0.39 is 0 Å². The molecule has 1 atom stereocenters. The van der Waals surface area contributed by atoms with Crippen molar-refractivity contribution in [3.63, 3.8) is 0 Å². The maximum absolute atomic E-state index is 5.60. The Kier molecular flexibility index (Phi) is 4.45. The minimum Gasteiger partial charge on any atom is -0.451 e. The predicted molar refractivity (Wildman–Crippen MR) is 59.6 cm³/mol. The number of rotatable bonds is 4. The van der Waals surface area contributed by atoms with Gasteiger partial charge in [0.2, 0.25) is 0 Å². The number of likely N-dealkylation sites (N-methyl/N-ethyl adjacent to an activating group) is 1. The number of hydrogen-bond acceptors (Lipinski definition) is 3. The summed E-state index contributed by atoms with van der Waals surface area (Å²) in [6, 6.07) is 2.01. The van der Waals surface area contributed by atoms with Crippen LogP contribution in [0, 0.1) is 0 Å². The first-order chi connectivity index (χ1) is 6.19. The molecule has 1 unspecified atom stereocenters. The Labute approximate surface area is 94.3 Å². The highest BCUT2D eigenvalue weighted by molar-refractivity contribution is 9.13. The molecular weight excluding hydrogens is 300 g/mol. The molecule has 3 N–H and O–H groups in total. The average Bonchev–Trinajstić information content (AvgIpc) is 2.43. The zero-order chi connectivity index (χ0) is 9.84. The fraction of sp³-hybridized carbons (Fsp3) is 0.500. The van der Waals surface area contributed by atoms with Gasteiger partial charge in [0.25, 0.3) is 0 Å². The number of halogens is 2. The van der Waals surface area contributed by atoms with Crippen LogP contribution in [0.1, 0.15) is 18.7 Å². The molecule has 0 spiro atoms. The molecule has 0 radical (unpaired) electrons. The first kappa shape index (κ1) is 11.2. The average molecular weight is 312 g/mol. The fourth-order valence-electron chi connectivity index (χ4n) is 1.08. The van der Waals surface area contributed by atoms with E-state index in [-0.39, 0.29) is 6.04 Å². The second-order valence-electron chi connectivity index (χ2n) is 2.62. The molecule has 0 saturated carbocycles. The first-order valence-electron chi connectivity index (χ1n) is 4.07. The maximum atomic E-state index is 5.60. The van der Waals surface area contributed by atoms with Crippen LogP contribution in [0.5, 0.6) is 0 Å². The summed E-state index contributed by atoms with van der Waals surface area (Å²) in [4.78, 5) is 0. The van der Waals surface area contributed by atoms with E-state index in [9.17, 15) is 0 Å². The Bertz CT molecular complexity index is 256. The molecule has 0 aromatic carbocycles. The third kappa shape index (κ3) is 2.80. The predicted octanol–water partition coefficient (Wildman–Crippen LogP) is 2.41. The van der Waals surface area contributed by atoms with Gasteiger partial charge in [0.15, 0.2) is 4.67 Å². The Morgan fingerprint density at radius 2 is 2.31 bits per heavy atom. The molecule has 0 aliphatic rings. The molecule has 1 rings (SSSR count). The monoisotopic (exact) mass is 310 g/mol. The Hall–Kier alpha value is 0.160. The summed E-state index contributed by atoms with van der Waals surface area (Å²) in [5, 5.41) is 3.23. The van der Waals surface area contributed by atoms with Crippen molar-refractivity contribution >= 4 is 31.9 Å². The minimum absolute atomic E-state index is 0.0904. The van der Waals surface area contributed by atoms with Gasteiger partial charge in [-0.2, -0.15) is 0 Å².